The molecule has 3 rings (SSSR count). The second-order valence-electron chi connectivity index (χ2n) is 5.32. The molecule has 2 aliphatic heterocycles. The van der Waals surface area contributed by atoms with E-state index in [9.17, 15) is 9.59 Å². The van der Waals surface area contributed by atoms with Gasteiger partial charge in [0.05, 0.1) is 18.4 Å². The van der Waals surface area contributed by atoms with Gasteiger partial charge < -0.3 is 4.74 Å². The van der Waals surface area contributed by atoms with Crippen LogP contribution in [0.3, 0.4) is 0 Å². The number of amides is 2. The number of epoxide rings is 1. The molecule has 5 nitrogen and oxygen atoms in total. The summed E-state index contributed by atoms with van der Waals surface area (Å²) in [5.41, 5.74) is 3.34. The molecule has 0 saturated carbocycles. The average Bonchev–Trinajstić information content (AvgIpc) is 3.23. The fourth-order valence-corrected chi connectivity index (χ4v) is 2.04. The zero-order valence-corrected chi connectivity index (χ0v) is 12.5. The van der Waals surface area contributed by atoms with Gasteiger partial charge in [0.2, 0.25) is 0 Å². The highest BCUT2D eigenvalue weighted by atomic mass is 16.6. The van der Waals surface area contributed by atoms with Crippen LogP contribution in [0.5, 0.6) is 0 Å². The van der Waals surface area contributed by atoms with Crippen LogP contribution < -0.4 is 10.4 Å². The number of rotatable bonds is 4. The van der Waals surface area contributed by atoms with Crippen molar-refractivity contribution in [2.45, 2.75) is 39.2 Å². The van der Waals surface area contributed by atoms with Gasteiger partial charge in [0.15, 0.2) is 0 Å². The number of anilines is 1. The molecule has 114 valence electrons. The molecule has 5 heteroatoms. The van der Waals surface area contributed by atoms with E-state index in [-0.39, 0.29) is 11.8 Å². The van der Waals surface area contributed by atoms with Gasteiger partial charge in [0.1, 0.15) is 5.92 Å². The topological polar surface area (TPSA) is 61.9 Å². The summed E-state index contributed by atoms with van der Waals surface area (Å²) >= 11 is 0. The Morgan fingerprint density at radius 3 is 2.43 bits per heavy atom. The molecule has 0 aromatic heterocycles. The number of carbonyl (C=O) groups is 2. The predicted molar refractivity (Wildman–Crippen MR) is 80.5 cm³/mol. The van der Waals surface area contributed by atoms with Gasteiger partial charge in [-0.2, -0.15) is 0 Å². The van der Waals surface area contributed by atoms with Crippen molar-refractivity contribution in [2.24, 2.45) is 5.92 Å². The summed E-state index contributed by atoms with van der Waals surface area (Å²) in [7, 11) is 0. The maximum Gasteiger partial charge on any atom is 0.258 e. The Balaban J connectivity index is 0.000000347. The molecular formula is C16H22N2O3. The van der Waals surface area contributed by atoms with Gasteiger partial charge in [0, 0.05) is 0 Å². The zero-order valence-electron chi connectivity index (χ0n) is 12.5. The molecule has 0 spiro atoms. The minimum absolute atomic E-state index is 0.144. The molecule has 2 unspecified atom stereocenters. The van der Waals surface area contributed by atoms with Gasteiger partial charge in [-0.3, -0.25) is 15.0 Å². The van der Waals surface area contributed by atoms with Crippen molar-refractivity contribution in [3.8, 4) is 0 Å². The van der Waals surface area contributed by atoms with Crippen LogP contribution in [-0.2, 0) is 14.3 Å². The quantitative estimate of drug-likeness (QED) is 0.683. The van der Waals surface area contributed by atoms with Crippen LogP contribution in [0, 0.1) is 5.92 Å². The number of hydrazine groups is 1. The van der Waals surface area contributed by atoms with E-state index in [1.165, 1.54) is 5.01 Å². The van der Waals surface area contributed by atoms with Crippen LogP contribution >= 0.6 is 0 Å². The van der Waals surface area contributed by atoms with Crippen LogP contribution in [-0.4, -0.2) is 24.5 Å². The molecule has 0 bridgehead atoms. The van der Waals surface area contributed by atoms with E-state index in [2.05, 4.69) is 12.3 Å². The first-order chi connectivity index (χ1) is 10.1. The van der Waals surface area contributed by atoms with Gasteiger partial charge in [-0.1, -0.05) is 38.0 Å². The Hall–Kier alpha value is -1.88. The van der Waals surface area contributed by atoms with E-state index < -0.39 is 5.92 Å². The first-order valence-electron chi connectivity index (χ1n) is 7.44. The van der Waals surface area contributed by atoms with Crippen LogP contribution in [0.4, 0.5) is 5.69 Å². The SMILES string of the molecule is CC1CO1.CCCCC1C(=O)NN(c2ccccc2)C1=O. The van der Waals surface area contributed by atoms with E-state index in [1.54, 1.807) is 12.1 Å². The number of nitrogens with one attached hydrogen (secondary N) is 1. The van der Waals surface area contributed by atoms with Gasteiger partial charge in [-0.25, -0.2) is 5.01 Å². The van der Waals surface area contributed by atoms with Crippen molar-refractivity contribution in [1.82, 2.24) is 5.43 Å². The van der Waals surface area contributed by atoms with Crippen molar-refractivity contribution >= 4 is 17.5 Å². The predicted octanol–water partition coefficient (Wildman–Crippen LogP) is 2.28. The Morgan fingerprint density at radius 2 is 1.90 bits per heavy atom. The molecule has 1 N–H and O–H groups in total. The van der Waals surface area contributed by atoms with Crippen LogP contribution in [0.1, 0.15) is 33.1 Å². The smallest absolute Gasteiger partial charge is 0.258 e. The molecule has 2 amide bonds. The summed E-state index contributed by atoms with van der Waals surface area (Å²) in [6, 6.07) is 9.17. The fourth-order valence-electron chi connectivity index (χ4n) is 2.04. The van der Waals surface area contributed by atoms with Crippen LogP contribution in [0.2, 0.25) is 0 Å². The van der Waals surface area contributed by atoms with Crippen molar-refractivity contribution in [1.29, 1.82) is 0 Å². The number of benzene rings is 1. The molecule has 2 atom stereocenters. The maximum absolute atomic E-state index is 12.1. The number of nitrogens with zero attached hydrogens (tertiary/aromatic N) is 1. The third-order valence-electron chi connectivity index (χ3n) is 3.42. The molecule has 0 aliphatic carbocycles. The lowest BCUT2D eigenvalue weighted by Crippen LogP contribution is -2.35. The van der Waals surface area contributed by atoms with Crippen molar-refractivity contribution in [2.75, 3.05) is 11.6 Å². The number of ether oxygens (including phenoxy) is 1. The number of hydrogen-bond acceptors (Lipinski definition) is 3. The highest BCUT2D eigenvalue weighted by Gasteiger charge is 2.39. The van der Waals surface area contributed by atoms with Gasteiger partial charge >= 0.3 is 0 Å². The number of para-hydroxylation sites is 1. The lowest BCUT2D eigenvalue weighted by Gasteiger charge is -2.14. The summed E-state index contributed by atoms with van der Waals surface area (Å²) < 4.78 is 4.71. The minimum atomic E-state index is -0.518. The third kappa shape index (κ3) is 4.29. The molecule has 0 radical (unpaired) electrons. The summed E-state index contributed by atoms with van der Waals surface area (Å²) in [5, 5.41) is 1.35. The molecule has 1 aromatic carbocycles. The Labute approximate surface area is 125 Å². The first-order valence-corrected chi connectivity index (χ1v) is 7.44. The van der Waals surface area contributed by atoms with Gasteiger partial charge in [0.25, 0.3) is 11.8 Å². The molecule has 2 saturated heterocycles. The summed E-state index contributed by atoms with van der Waals surface area (Å²) in [6.45, 7) is 5.09. The van der Waals surface area contributed by atoms with Gasteiger partial charge in [-0.15, -0.1) is 0 Å². The van der Waals surface area contributed by atoms with E-state index >= 15 is 0 Å². The van der Waals surface area contributed by atoms with Gasteiger partial charge in [-0.05, 0) is 25.5 Å². The molecule has 2 aliphatic rings. The van der Waals surface area contributed by atoms with Crippen molar-refractivity contribution in [3.05, 3.63) is 30.3 Å². The summed E-state index contributed by atoms with van der Waals surface area (Å²) in [4.78, 5) is 23.8. The van der Waals surface area contributed by atoms with Crippen molar-refractivity contribution < 1.29 is 14.3 Å². The molecule has 2 fully saturated rings. The Morgan fingerprint density at radius 1 is 1.29 bits per heavy atom. The number of unbranched alkanes of at least 4 members (excludes halogenated alkanes) is 1. The average molecular weight is 290 g/mol. The highest BCUT2D eigenvalue weighted by Crippen LogP contribution is 2.22. The second kappa shape index (κ2) is 7.22. The monoisotopic (exact) mass is 290 g/mol. The first kappa shape index (κ1) is 15.5. The zero-order chi connectivity index (χ0) is 15.2. The third-order valence-corrected chi connectivity index (χ3v) is 3.42. The minimum Gasteiger partial charge on any atom is -0.373 e. The Kier molecular flexibility index (Phi) is 5.33. The number of carbonyl (C=O) groups excluding carboxylic acids is 2. The van der Waals surface area contributed by atoms with Crippen LogP contribution in [0.15, 0.2) is 30.3 Å². The highest BCUT2D eigenvalue weighted by molar-refractivity contribution is 6.14. The Bertz CT molecular complexity index is 486. The molecule has 2 heterocycles. The summed E-state index contributed by atoms with van der Waals surface area (Å²) in [5.74, 6) is -0.850. The molecular weight excluding hydrogens is 268 g/mol. The molecule has 1 aromatic rings. The van der Waals surface area contributed by atoms with Crippen molar-refractivity contribution in [3.63, 3.8) is 0 Å². The van der Waals surface area contributed by atoms with E-state index in [0.29, 0.717) is 18.2 Å². The lowest BCUT2D eigenvalue weighted by atomic mass is 10.0. The number of hydrogen-bond donors (Lipinski definition) is 1. The van der Waals surface area contributed by atoms with Crippen LogP contribution in [0.25, 0.3) is 0 Å². The summed E-state index contributed by atoms with van der Waals surface area (Å²) in [6.07, 6.45) is 3.10. The van der Waals surface area contributed by atoms with E-state index in [0.717, 1.165) is 19.4 Å². The largest absolute Gasteiger partial charge is 0.373 e. The van der Waals surface area contributed by atoms with E-state index in [4.69, 9.17) is 4.74 Å². The standard InChI is InChI=1S/C13H16N2O2.C3H6O/c1-2-3-9-11-12(16)14-15(13(11)17)10-7-5-4-6-8-10;1-3-2-4-3/h4-8,11H,2-3,9H2,1H3,(H,14,16);3H,2H2,1H3. The molecule has 21 heavy (non-hydrogen) atoms. The maximum atomic E-state index is 12.1. The lowest BCUT2D eigenvalue weighted by molar-refractivity contribution is -0.127. The normalized spacial score (nSPS) is 23.4. The van der Waals surface area contributed by atoms with E-state index in [1.807, 2.05) is 25.1 Å². The second-order valence-corrected chi connectivity index (χ2v) is 5.32. The fraction of sp³-hybridized carbons (Fsp3) is 0.500.